The topological polar surface area (TPSA) is 77.0 Å². The van der Waals surface area contributed by atoms with Crippen molar-refractivity contribution in [1.29, 1.82) is 0 Å². The lowest BCUT2D eigenvalue weighted by molar-refractivity contribution is -0.123. The van der Waals surface area contributed by atoms with E-state index >= 15 is 0 Å². The lowest BCUT2D eigenvalue weighted by Gasteiger charge is -2.17. The van der Waals surface area contributed by atoms with Crippen LogP contribution in [0.25, 0.3) is 0 Å². The summed E-state index contributed by atoms with van der Waals surface area (Å²) in [4.78, 5) is 11.7. The Morgan fingerprint density at radius 1 is 1.14 bits per heavy atom. The number of nitrogens with one attached hydrogen (secondary N) is 1. The Kier molecular flexibility index (Phi) is 6.98. The fourth-order valence-electron chi connectivity index (χ4n) is 2.26. The predicted octanol–water partition coefficient (Wildman–Crippen LogP) is 1.53. The van der Waals surface area contributed by atoms with E-state index in [1.807, 2.05) is 19.1 Å². The lowest BCUT2D eigenvalue weighted by Crippen LogP contribution is -2.35. The van der Waals surface area contributed by atoms with Crippen LogP contribution < -0.4 is 19.5 Å². The van der Waals surface area contributed by atoms with Crippen molar-refractivity contribution in [2.75, 3.05) is 21.3 Å². The van der Waals surface area contributed by atoms with Crippen LogP contribution in [-0.2, 0) is 11.2 Å². The van der Waals surface area contributed by atoms with E-state index in [9.17, 15) is 9.90 Å². The van der Waals surface area contributed by atoms with E-state index in [0.29, 0.717) is 23.7 Å². The van der Waals surface area contributed by atoms with Crippen LogP contribution in [0.15, 0.2) is 12.1 Å². The Hall–Kier alpha value is -1.95. The van der Waals surface area contributed by atoms with Gasteiger partial charge in [0, 0.05) is 6.04 Å². The molecule has 6 nitrogen and oxygen atoms in total. The third-order valence-electron chi connectivity index (χ3n) is 3.15. The van der Waals surface area contributed by atoms with Gasteiger partial charge in [-0.05, 0) is 38.0 Å². The van der Waals surface area contributed by atoms with E-state index in [-0.39, 0.29) is 18.4 Å². The van der Waals surface area contributed by atoms with Crippen molar-refractivity contribution >= 4 is 5.91 Å². The highest BCUT2D eigenvalue weighted by Gasteiger charge is 2.16. The van der Waals surface area contributed by atoms with Gasteiger partial charge in [0.15, 0.2) is 11.5 Å². The second-order valence-electron chi connectivity index (χ2n) is 5.26. The molecule has 2 unspecified atom stereocenters. The van der Waals surface area contributed by atoms with Crippen molar-refractivity contribution in [2.24, 2.45) is 0 Å². The zero-order chi connectivity index (χ0) is 16.7. The van der Waals surface area contributed by atoms with Gasteiger partial charge in [-0.15, -0.1) is 0 Å². The highest BCUT2D eigenvalue weighted by atomic mass is 16.5. The van der Waals surface area contributed by atoms with Crippen LogP contribution in [0, 0.1) is 0 Å². The Morgan fingerprint density at radius 2 is 1.68 bits per heavy atom. The van der Waals surface area contributed by atoms with E-state index in [4.69, 9.17) is 14.2 Å². The molecule has 0 fully saturated rings. The minimum atomic E-state index is -0.645. The molecule has 124 valence electrons. The highest BCUT2D eigenvalue weighted by Crippen LogP contribution is 2.38. The molecule has 0 aliphatic heterocycles. The third kappa shape index (κ3) is 5.11. The zero-order valence-corrected chi connectivity index (χ0v) is 13.8. The van der Waals surface area contributed by atoms with Gasteiger partial charge in [-0.3, -0.25) is 4.79 Å². The van der Waals surface area contributed by atoms with Gasteiger partial charge in [-0.25, -0.2) is 0 Å². The second kappa shape index (κ2) is 8.48. The van der Waals surface area contributed by atoms with E-state index in [2.05, 4.69) is 5.32 Å². The van der Waals surface area contributed by atoms with E-state index < -0.39 is 6.10 Å². The second-order valence-corrected chi connectivity index (χ2v) is 5.26. The van der Waals surface area contributed by atoms with Crippen LogP contribution in [0.4, 0.5) is 0 Å². The number of aliphatic hydroxyl groups is 1. The standard InChI is InChI=1S/C16H25NO5/c1-10(17-15(19)7-11(2)18)6-12-8-13(20-3)16(22-5)14(9-12)21-4/h8-11,18H,6-7H2,1-5H3,(H,17,19). The fourth-order valence-corrected chi connectivity index (χ4v) is 2.26. The summed E-state index contributed by atoms with van der Waals surface area (Å²) < 4.78 is 15.9. The van der Waals surface area contributed by atoms with Crippen molar-refractivity contribution < 1.29 is 24.1 Å². The van der Waals surface area contributed by atoms with Crippen LogP contribution in [-0.4, -0.2) is 44.5 Å². The van der Waals surface area contributed by atoms with E-state index in [1.165, 1.54) is 0 Å². The largest absolute Gasteiger partial charge is 0.493 e. The van der Waals surface area contributed by atoms with Gasteiger partial charge in [0.1, 0.15) is 0 Å². The van der Waals surface area contributed by atoms with Gasteiger partial charge in [-0.2, -0.15) is 0 Å². The molecule has 1 aromatic rings. The number of rotatable bonds is 8. The average molecular weight is 311 g/mol. The van der Waals surface area contributed by atoms with Crippen LogP contribution in [0.1, 0.15) is 25.8 Å². The number of methoxy groups -OCH3 is 3. The molecule has 6 heteroatoms. The summed E-state index contributed by atoms with van der Waals surface area (Å²) in [5.74, 6) is 1.54. The van der Waals surface area contributed by atoms with Crippen LogP contribution >= 0.6 is 0 Å². The first-order chi connectivity index (χ1) is 10.4. The van der Waals surface area contributed by atoms with Crippen molar-refractivity contribution in [2.45, 2.75) is 38.8 Å². The van der Waals surface area contributed by atoms with E-state index in [1.54, 1.807) is 28.3 Å². The maximum absolute atomic E-state index is 11.7. The molecule has 0 saturated heterocycles. The quantitative estimate of drug-likeness (QED) is 0.761. The lowest BCUT2D eigenvalue weighted by atomic mass is 10.1. The Balaban J connectivity index is 2.82. The molecule has 1 aromatic carbocycles. The van der Waals surface area contributed by atoms with Crippen LogP contribution in [0.2, 0.25) is 0 Å². The van der Waals surface area contributed by atoms with Crippen LogP contribution in [0.5, 0.6) is 17.2 Å². The summed E-state index contributed by atoms with van der Waals surface area (Å²) in [7, 11) is 4.68. The van der Waals surface area contributed by atoms with Gasteiger partial charge >= 0.3 is 0 Å². The summed E-state index contributed by atoms with van der Waals surface area (Å²) in [6, 6.07) is 3.64. The summed E-state index contributed by atoms with van der Waals surface area (Å²) >= 11 is 0. The number of ether oxygens (including phenoxy) is 3. The monoisotopic (exact) mass is 311 g/mol. The number of carbonyl (C=O) groups is 1. The van der Waals surface area contributed by atoms with Gasteiger partial charge in [0.2, 0.25) is 11.7 Å². The average Bonchev–Trinajstić information content (AvgIpc) is 2.44. The van der Waals surface area contributed by atoms with Gasteiger partial charge in [0.25, 0.3) is 0 Å². The molecule has 0 aliphatic rings. The van der Waals surface area contributed by atoms with Crippen molar-refractivity contribution in [1.82, 2.24) is 5.32 Å². The molecule has 0 aliphatic carbocycles. The summed E-state index contributed by atoms with van der Waals surface area (Å²) in [6.45, 7) is 3.49. The van der Waals surface area contributed by atoms with Crippen molar-refractivity contribution in [3.8, 4) is 17.2 Å². The molecular weight excluding hydrogens is 286 g/mol. The molecule has 2 atom stereocenters. The van der Waals surface area contributed by atoms with Gasteiger partial charge in [0.05, 0.1) is 33.9 Å². The summed E-state index contributed by atoms with van der Waals surface area (Å²) in [6.07, 6.45) is 0.0652. The molecule has 1 rings (SSSR count). The number of aliphatic hydroxyl groups excluding tert-OH is 1. The predicted molar refractivity (Wildman–Crippen MR) is 83.7 cm³/mol. The van der Waals surface area contributed by atoms with Crippen molar-refractivity contribution in [3.05, 3.63) is 17.7 Å². The first kappa shape index (κ1) is 18.1. The molecule has 0 saturated carbocycles. The summed E-state index contributed by atoms with van der Waals surface area (Å²) in [5, 5.41) is 12.1. The molecule has 0 spiro atoms. The number of amides is 1. The Labute approximate surface area is 131 Å². The van der Waals surface area contributed by atoms with E-state index in [0.717, 1.165) is 5.56 Å². The maximum atomic E-state index is 11.7. The number of carbonyl (C=O) groups excluding carboxylic acids is 1. The number of hydrogen-bond donors (Lipinski definition) is 2. The smallest absolute Gasteiger partial charge is 0.222 e. The molecule has 0 aromatic heterocycles. The molecule has 0 heterocycles. The van der Waals surface area contributed by atoms with Crippen LogP contribution in [0.3, 0.4) is 0 Å². The fraction of sp³-hybridized carbons (Fsp3) is 0.562. The molecule has 1 amide bonds. The molecule has 22 heavy (non-hydrogen) atoms. The Morgan fingerprint density at radius 3 is 2.09 bits per heavy atom. The molecular formula is C16H25NO5. The SMILES string of the molecule is COc1cc(CC(C)NC(=O)CC(C)O)cc(OC)c1OC. The maximum Gasteiger partial charge on any atom is 0.222 e. The molecule has 0 radical (unpaired) electrons. The highest BCUT2D eigenvalue weighted by molar-refractivity contribution is 5.76. The summed E-state index contributed by atoms with van der Waals surface area (Å²) in [5.41, 5.74) is 0.958. The third-order valence-corrected chi connectivity index (χ3v) is 3.15. The van der Waals surface area contributed by atoms with Gasteiger partial charge in [-0.1, -0.05) is 0 Å². The normalized spacial score (nSPS) is 13.2. The number of hydrogen-bond acceptors (Lipinski definition) is 5. The van der Waals surface area contributed by atoms with Gasteiger partial charge < -0.3 is 24.6 Å². The molecule has 0 bridgehead atoms. The first-order valence-electron chi connectivity index (χ1n) is 7.17. The minimum Gasteiger partial charge on any atom is -0.493 e. The first-order valence-corrected chi connectivity index (χ1v) is 7.17. The van der Waals surface area contributed by atoms with Crippen molar-refractivity contribution in [3.63, 3.8) is 0 Å². The number of benzene rings is 1. The molecule has 2 N–H and O–H groups in total. The zero-order valence-electron chi connectivity index (χ0n) is 13.8. The Bertz CT molecular complexity index is 476. The minimum absolute atomic E-state index is 0.0749.